The van der Waals surface area contributed by atoms with Gasteiger partial charge in [0.05, 0.1) is 27.5 Å². The molecular formula is C16H17N5O2S2. The van der Waals surface area contributed by atoms with Gasteiger partial charge in [0.25, 0.3) is 0 Å². The van der Waals surface area contributed by atoms with Gasteiger partial charge in [0.15, 0.2) is 0 Å². The van der Waals surface area contributed by atoms with E-state index < -0.39 is 10.0 Å². The summed E-state index contributed by atoms with van der Waals surface area (Å²) in [6.45, 7) is 3.93. The molecule has 0 radical (unpaired) electrons. The van der Waals surface area contributed by atoms with Crippen LogP contribution in [0.3, 0.4) is 0 Å². The SMILES string of the molecule is Cc1nc(C)c(-c2ccnc(Nc3ccc(NS(C)(=O)=O)cc3)n2)s1. The molecule has 0 saturated carbocycles. The highest BCUT2D eigenvalue weighted by Crippen LogP contribution is 2.28. The first kappa shape index (κ1) is 17.3. The third kappa shape index (κ3) is 4.52. The van der Waals surface area contributed by atoms with Gasteiger partial charge in [-0.1, -0.05) is 0 Å². The highest BCUT2D eigenvalue weighted by atomic mass is 32.2. The third-order valence-electron chi connectivity index (χ3n) is 3.24. The second kappa shape index (κ2) is 6.77. The number of hydrogen-bond donors (Lipinski definition) is 2. The van der Waals surface area contributed by atoms with Gasteiger partial charge in [-0.05, 0) is 44.2 Å². The minimum absolute atomic E-state index is 0.465. The lowest BCUT2D eigenvalue weighted by Gasteiger charge is -2.08. The quantitative estimate of drug-likeness (QED) is 0.710. The molecule has 0 atom stereocenters. The van der Waals surface area contributed by atoms with Gasteiger partial charge in [0.2, 0.25) is 16.0 Å². The van der Waals surface area contributed by atoms with Crippen LogP contribution in [-0.2, 0) is 10.0 Å². The first-order valence-corrected chi connectivity index (χ1v) is 10.1. The summed E-state index contributed by atoms with van der Waals surface area (Å²) in [5.74, 6) is 0.465. The van der Waals surface area contributed by atoms with Crippen LogP contribution in [0.1, 0.15) is 10.7 Å². The van der Waals surface area contributed by atoms with Crippen molar-refractivity contribution < 1.29 is 8.42 Å². The number of benzene rings is 1. The van der Waals surface area contributed by atoms with Crippen LogP contribution in [0.4, 0.5) is 17.3 Å². The molecule has 0 aliphatic rings. The number of nitrogens with one attached hydrogen (secondary N) is 2. The topological polar surface area (TPSA) is 96.9 Å². The first-order valence-electron chi connectivity index (χ1n) is 7.42. The Morgan fingerprint density at radius 3 is 2.28 bits per heavy atom. The van der Waals surface area contributed by atoms with E-state index in [1.54, 1.807) is 41.8 Å². The maximum absolute atomic E-state index is 11.2. The van der Waals surface area contributed by atoms with E-state index in [0.717, 1.165) is 33.2 Å². The Bertz CT molecular complexity index is 998. The highest BCUT2D eigenvalue weighted by molar-refractivity contribution is 7.92. The van der Waals surface area contributed by atoms with Crippen molar-refractivity contribution in [3.05, 3.63) is 47.2 Å². The largest absolute Gasteiger partial charge is 0.324 e. The molecule has 130 valence electrons. The smallest absolute Gasteiger partial charge is 0.229 e. The number of aromatic nitrogens is 3. The molecule has 0 amide bonds. The lowest BCUT2D eigenvalue weighted by atomic mass is 10.3. The minimum atomic E-state index is -3.29. The second-order valence-electron chi connectivity index (χ2n) is 5.49. The van der Waals surface area contributed by atoms with Crippen molar-refractivity contribution in [2.75, 3.05) is 16.3 Å². The predicted molar refractivity (Wildman–Crippen MR) is 101 cm³/mol. The van der Waals surface area contributed by atoms with E-state index in [4.69, 9.17) is 0 Å². The normalized spacial score (nSPS) is 11.3. The zero-order valence-corrected chi connectivity index (χ0v) is 15.6. The maximum atomic E-state index is 11.2. The fourth-order valence-electron chi connectivity index (χ4n) is 2.28. The van der Waals surface area contributed by atoms with E-state index in [9.17, 15) is 8.42 Å². The van der Waals surface area contributed by atoms with Crippen LogP contribution in [0, 0.1) is 13.8 Å². The fourth-order valence-corrected chi connectivity index (χ4v) is 3.73. The molecule has 25 heavy (non-hydrogen) atoms. The minimum Gasteiger partial charge on any atom is -0.324 e. The molecule has 7 nitrogen and oxygen atoms in total. The molecule has 2 aromatic heterocycles. The van der Waals surface area contributed by atoms with E-state index in [0.29, 0.717) is 11.6 Å². The lowest BCUT2D eigenvalue weighted by Crippen LogP contribution is -2.09. The van der Waals surface area contributed by atoms with Crippen LogP contribution in [0.25, 0.3) is 10.6 Å². The van der Waals surface area contributed by atoms with Crippen LogP contribution in [0.15, 0.2) is 36.5 Å². The molecule has 3 aromatic rings. The number of rotatable bonds is 5. The maximum Gasteiger partial charge on any atom is 0.229 e. The number of sulfonamides is 1. The highest BCUT2D eigenvalue weighted by Gasteiger charge is 2.10. The van der Waals surface area contributed by atoms with Crippen molar-refractivity contribution in [1.29, 1.82) is 0 Å². The van der Waals surface area contributed by atoms with Gasteiger partial charge in [-0.2, -0.15) is 0 Å². The van der Waals surface area contributed by atoms with Crippen LogP contribution in [-0.4, -0.2) is 29.6 Å². The van der Waals surface area contributed by atoms with Crippen molar-refractivity contribution in [1.82, 2.24) is 15.0 Å². The summed E-state index contributed by atoms with van der Waals surface area (Å²) in [6, 6.07) is 8.70. The van der Waals surface area contributed by atoms with E-state index in [-0.39, 0.29) is 0 Å². The van der Waals surface area contributed by atoms with Crippen molar-refractivity contribution in [2.24, 2.45) is 0 Å². The van der Waals surface area contributed by atoms with Gasteiger partial charge in [-0.25, -0.2) is 23.4 Å². The lowest BCUT2D eigenvalue weighted by molar-refractivity contribution is 0.607. The number of nitrogens with zero attached hydrogens (tertiary/aromatic N) is 3. The monoisotopic (exact) mass is 375 g/mol. The zero-order chi connectivity index (χ0) is 18.0. The number of aryl methyl sites for hydroxylation is 2. The summed E-state index contributed by atoms with van der Waals surface area (Å²) in [6.07, 6.45) is 2.81. The molecule has 0 fully saturated rings. The van der Waals surface area contributed by atoms with Gasteiger partial charge >= 0.3 is 0 Å². The molecule has 9 heteroatoms. The van der Waals surface area contributed by atoms with Gasteiger partial charge < -0.3 is 5.32 Å². The van der Waals surface area contributed by atoms with Crippen molar-refractivity contribution in [3.63, 3.8) is 0 Å². The molecule has 1 aromatic carbocycles. The summed E-state index contributed by atoms with van der Waals surface area (Å²) >= 11 is 1.60. The third-order valence-corrected chi connectivity index (χ3v) is 4.94. The molecule has 0 aliphatic heterocycles. The summed E-state index contributed by atoms with van der Waals surface area (Å²) in [7, 11) is -3.29. The first-order chi connectivity index (χ1) is 11.8. The molecule has 0 aliphatic carbocycles. The molecule has 0 unspecified atom stereocenters. The van der Waals surface area contributed by atoms with Crippen molar-refractivity contribution in [3.8, 4) is 10.6 Å². The Hall–Kier alpha value is -2.52. The average molecular weight is 375 g/mol. The summed E-state index contributed by atoms with van der Waals surface area (Å²) in [5.41, 5.74) is 3.02. The Balaban J connectivity index is 1.79. The van der Waals surface area contributed by atoms with Gasteiger partial charge in [0.1, 0.15) is 0 Å². The van der Waals surface area contributed by atoms with Gasteiger partial charge in [0, 0.05) is 17.6 Å². The second-order valence-corrected chi connectivity index (χ2v) is 8.44. The van der Waals surface area contributed by atoms with Crippen LogP contribution in [0.2, 0.25) is 0 Å². The number of thiazole rings is 1. The number of hydrogen-bond acceptors (Lipinski definition) is 7. The van der Waals surface area contributed by atoms with Gasteiger partial charge in [-0.15, -0.1) is 11.3 Å². The Labute approximate surface area is 150 Å². The average Bonchev–Trinajstić information content (AvgIpc) is 2.87. The Morgan fingerprint density at radius 1 is 1.00 bits per heavy atom. The van der Waals surface area contributed by atoms with Gasteiger partial charge in [-0.3, -0.25) is 4.72 Å². The zero-order valence-electron chi connectivity index (χ0n) is 13.9. The summed E-state index contributed by atoms with van der Waals surface area (Å²) in [5, 5.41) is 4.11. The van der Waals surface area contributed by atoms with Crippen molar-refractivity contribution >= 4 is 38.7 Å². The fraction of sp³-hybridized carbons (Fsp3) is 0.188. The molecule has 0 bridgehead atoms. The van der Waals surface area contributed by atoms with Crippen LogP contribution >= 0.6 is 11.3 Å². The molecule has 2 heterocycles. The predicted octanol–water partition coefficient (Wildman–Crippen LogP) is 3.33. The molecule has 2 N–H and O–H groups in total. The van der Waals surface area contributed by atoms with E-state index >= 15 is 0 Å². The summed E-state index contributed by atoms with van der Waals surface area (Å²) < 4.78 is 24.9. The molecular weight excluding hydrogens is 358 g/mol. The van der Waals surface area contributed by atoms with Crippen LogP contribution < -0.4 is 10.0 Å². The van der Waals surface area contributed by atoms with E-state index in [1.807, 2.05) is 19.9 Å². The summed E-state index contributed by atoms with van der Waals surface area (Å²) in [4.78, 5) is 14.2. The number of anilines is 3. The van der Waals surface area contributed by atoms with E-state index in [1.165, 1.54) is 0 Å². The van der Waals surface area contributed by atoms with E-state index in [2.05, 4.69) is 25.0 Å². The Kier molecular flexibility index (Phi) is 4.69. The van der Waals surface area contributed by atoms with Crippen molar-refractivity contribution in [2.45, 2.75) is 13.8 Å². The molecule has 0 saturated heterocycles. The molecule has 0 spiro atoms. The Morgan fingerprint density at radius 2 is 1.68 bits per heavy atom. The van der Waals surface area contributed by atoms with Crippen LogP contribution in [0.5, 0.6) is 0 Å². The molecule has 3 rings (SSSR count). The standard InChI is InChI=1S/C16H17N5O2S2/c1-10-15(24-11(2)18-10)14-8-9-17-16(20-14)19-12-4-6-13(7-5-12)21-25(3,22)23/h4-9,21H,1-3H3,(H,17,19,20).